The Balaban J connectivity index is 2.08. The van der Waals surface area contributed by atoms with Crippen molar-refractivity contribution < 1.29 is 23.8 Å². The Labute approximate surface area is 196 Å². The minimum atomic E-state index is -0.683. The van der Waals surface area contributed by atoms with Gasteiger partial charge in [0.2, 0.25) is 5.91 Å². The maximum Gasteiger partial charge on any atom is 0.251 e. The van der Waals surface area contributed by atoms with Crippen molar-refractivity contribution in [2.75, 3.05) is 20.8 Å². The molecule has 7 nitrogen and oxygen atoms in total. The number of methoxy groups -OCH3 is 2. The fourth-order valence-corrected chi connectivity index (χ4v) is 3.22. The average molecular weight is 457 g/mol. The monoisotopic (exact) mass is 456 g/mol. The molecule has 0 aliphatic carbocycles. The lowest BCUT2D eigenvalue weighted by Gasteiger charge is -2.24. The zero-order valence-corrected chi connectivity index (χ0v) is 20.6. The van der Waals surface area contributed by atoms with Gasteiger partial charge < -0.3 is 24.8 Å². The van der Waals surface area contributed by atoms with E-state index < -0.39 is 6.04 Å². The van der Waals surface area contributed by atoms with Crippen LogP contribution in [-0.4, -0.2) is 38.7 Å². The summed E-state index contributed by atoms with van der Waals surface area (Å²) in [5.41, 5.74) is 1.34. The number of nitrogens with one attached hydrogen (secondary N) is 2. The summed E-state index contributed by atoms with van der Waals surface area (Å²) in [5.74, 6) is 1.68. The number of benzene rings is 2. The Kier molecular flexibility index (Phi) is 9.57. The van der Waals surface area contributed by atoms with Gasteiger partial charge in [-0.1, -0.05) is 33.8 Å². The molecule has 2 N–H and O–H groups in total. The van der Waals surface area contributed by atoms with E-state index in [0.29, 0.717) is 35.3 Å². The van der Waals surface area contributed by atoms with Crippen LogP contribution in [0.4, 0.5) is 0 Å². The van der Waals surface area contributed by atoms with Crippen LogP contribution < -0.4 is 24.8 Å². The highest BCUT2D eigenvalue weighted by atomic mass is 16.5. The van der Waals surface area contributed by atoms with Crippen LogP contribution in [0.1, 0.15) is 56.6 Å². The molecule has 180 valence electrons. The van der Waals surface area contributed by atoms with Crippen molar-refractivity contribution in [3.63, 3.8) is 0 Å². The van der Waals surface area contributed by atoms with Gasteiger partial charge in [0.1, 0.15) is 11.8 Å². The summed E-state index contributed by atoms with van der Waals surface area (Å²) >= 11 is 0. The number of ether oxygens (including phenoxy) is 3. The third kappa shape index (κ3) is 7.41. The van der Waals surface area contributed by atoms with Gasteiger partial charge in [0.25, 0.3) is 5.91 Å². The Morgan fingerprint density at radius 2 is 1.52 bits per heavy atom. The van der Waals surface area contributed by atoms with Crippen molar-refractivity contribution in [3.8, 4) is 17.2 Å². The van der Waals surface area contributed by atoms with Crippen LogP contribution in [-0.2, 0) is 4.79 Å². The van der Waals surface area contributed by atoms with E-state index in [0.717, 1.165) is 5.56 Å². The minimum Gasteiger partial charge on any atom is -0.497 e. The van der Waals surface area contributed by atoms with Gasteiger partial charge >= 0.3 is 0 Å². The van der Waals surface area contributed by atoms with E-state index in [1.165, 1.54) is 0 Å². The lowest BCUT2D eigenvalue weighted by Crippen LogP contribution is -2.50. The average Bonchev–Trinajstić information content (AvgIpc) is 2.80. The molecule has 0 aliphatic rings. The summed E-state index contributed by atoms with van der Waals surface area (Å²) in [5, 5.41) is 5.85. The first-order valence-corrected chi connectivity index (χ1v) is 11.2. The molecule has 0 heterocycles. The summed E-state index contributed by atoms with van der Waals surface area (Å²) in [6.07, 6.45) is 0. The van der Waals surface area contributed by atoms with E-state index in [1.807, 2.05) is 39.0 Å². The third-order valence-electron chi connectivity index (χ3n) is 5.21. The molecule has 7 heteroatoms. The van der Waals surface area contributed by atoms with Gasteiger partial charge in [0, 0.05) is 5.56 Å². The second-order valence-corrected chi connectivity index (χ2v) is 8.77. The first kappa shape index (κ1) is 26.0. The zero-order valence-electron chi connectivity index (χ0n) is 20.6. The highest BCUT2D eigenvalue weighted by molar-refractivity contribution is 5.97. The Morgan fingerprint density at radius 3 is 2.06 bits per heavy atom. The molecule has 2 atom stereocenters. The number of hydrogen-bond donors (Lipinski definition) is 2. The molecule has 2 aromatic carbocycles. The van der Waals surface area contributed by atoms with Gasteiger partial charge in [-0.3, -0.25) is 9.59 Å². The van der Waals surface area contributed by atoms with Gasteiger partial charge in [-0.25, -0.2) is 0 Å². The number of amides is 2. The first-order chi connectivity index (χ1) is 15.7. The third-order valence-corrected chi connectivity index (χ3v) is 5.21. The minimum absolute atomic E-state index is 0.0965. The summed E-state index contributed by atoms with van der Waals surface area (Å²) in [6, 6.07) is 11.4. The number of rotatable bonds is 11. The Hall–Kier alpha value is -3.22. The fourth-order valence-electron chi connectivity index (χ4n) is 3.22. The number of carbonyl (C=O) groups is 2. The van der Waals surface area contributed by atoms with E-state index in [-0.39, 0.29) is 23.8 Å². The topological polar surface area (TPSA) is 85.9 Å². The molecule has 0 saturated carbocycles. The zero-order chi connectivity index (χ0) is 24.5. The van der Waals surface area contributed by atoms with Crippen molar-refractivity contribution in [3.05, 3.63) is 53.6 Å². The normalized spacial score (nSPS) is 12.8. The molecule has 0 radical (unpaired) electrons. The summed E-state index contributed by atoms with van der Waals surface area (Å²) in [7, 11) is 3.16. The summed E-state index contributed by atoms with van der Waals surface area (Å²) in [6.45, 7) is 10.4. The van der Waals surface area contributed by atoms with Crippen LogP contribution in [0.15, 0.2) is 42.5 Å². The van der Waals surface area contributed by atoms with Crippen LogP contribution in [0.25, 0.3) is 0 Å². The molecular formula is C26H36N2O5. The molecule has 0 aromatic heterocycles. The molecule has 0 fully saturated rings. The van der Waals surface area contributed by atoms with Gasteiger partial charge in [-0.15, -0.1) is 0 Å². The van der Waals surface area contributed by atoms with Gasteiger partial charge in [-0.05, 0) is 60.7 Å². The lowest BCUT2D eigenvalue weighted by atomic mass is 10.0. The van der Waals surface area contributed by atoms with Crippen LogP contribution in [0, 0.1) is 11.8 Å². The van der Waals surface area contributed by atoms with Crippen molar-refractivity contribution in [1.82, 2.24) is 10.6 Å². The van der Waals surface area contributed by atoms with Gasteiger partial charge in [0.15, 0.2) is 11.5 Å². The lowest BCUT2D eigenvalue weighted by molar-refractivity contribution is -0.124. The first-order valence-electron chi connectivity index (χ1n) is 11.2. The van der Waals surface area contributed by atoms with E-state index >= 15 is 0 Å². The van der Waals surface area contributed by atoms with Crippen molar-refractivity contribution >= 4 is 11.8 Å². The van der Waals surface area contributed by atoms with Crippen molar-refractivity contribution in [1.29, 1.82) is 0 Å². The molecule has 2 unspecified atom stereocenters. The quantitative estimate of drug-likeness (QED) is 0.524. The molecular weight excluding hydrogens is 420 g/mol. The number of hydrogen-bond acceptors (Lipinski definition) is 5. The smallest absolute Gasteiger partial charge is 0.251 e. The van der Waals surface area contributed by atoms with Gasteiger partial charge in [0.05, 0.1) is 26.9 Å². The van der Waals surface area contributed by atoms with Crippen LogP contribution in [0.2, 0.25) is 0 Å². The van der Waals surface area contributed by atoms with Crippen molar-refractivity contribution in [2.24, 2.45) is 11.8 Å². The standard InChI is InChI=1S/C26H36N2O5/c1-16(2)15-33-22-13-10-20(14-23(22)32-7)18(5)27-26(30)24(17(3)4)28-25(29)19-8-11-21(31-6)12-9-19/h8-14,16-18,24H,15H2,1-7H3,(H,27,30)(H,28,29). The predicted molar refractivity (Wildman–Crippen MR) is 129 cm³/mol. The molecule has 0 saturated heterocycles. The predicted octanol–water partition coefficient (Wildman–Crippen LogP) is 4.37. The van der Waals surface area contributed by atoms with E-state index in [2.05, 4.69) is 24.5 Å². The van der Waals surface area contributed by atoms with Crippen LogP contribution in [0.3, 0.4) is 0 Å². The second-order valence-electron chi connectivity index (χ2n) is 8.77. The van der Waals surface area contributed by atoms with Crippen LogP contribution >= 0.6 is 0 Å². The van der Waals surface area contributed by atoms with Gasteiger partial charge in [-0.2, -0.15) is 0 Å². The van der Waals surface area contributed by atoms with Crippen molar-refractivity contribution in [2.45, 2.75) is 46.7 Å². The Morgan fingerprint density at radius 1 is 0.848 bits per heavy atom. The maximum absolute atomic E-state index is 13.0. The maximum atomic E-state index is 13.0. The molecule has 2 amide bonds. The molecule has 2 aromatic rings. The SMILES string of the molecule is COc1ccc(C(=O)NC(C(=O)NC(C)c2ccc(OCC(C)C)c(OC)c2)C(C)C)cc1. The van der Waals surface area contributed by atoms with E-state index in [4.69, 9.17) is 14.2 Å². The molecule has 33 heavy (non-hydrogen) atoms. The molecule has 0 bridgehead atoms. The summed E-state index contributed by atoms with van der Waals surface area (Å²) in [4.78, 5) is 25.7. The summed E-state index contributed by atoms with van der Waals surface area (Å²) < 4.78 is 16.4. The fraction of sp³-hybridized carbons (Fsp3) is 0.462. The highest BCUT2D eigenvalue weighted by Crippen LogP contribution is 2.30. The largest absolute Gasteiger partial charge is 0.497 e. The molecule has 0 aliphatic heterocycles. The Bertz CT molecular complexity index is 925. The highest BCUT2D eigenvalue weighted by Gasteiger charge is 2.26. The van der Waals surface area contributed by atoms with Crippen LogP contribution in [0.5, 0.6) is 17.2 Å². The second kappa shape index (κ2) is 12.1. The molecule has 0 spiro atoms. The van der Waals surface area contributed by atoms with E-state index in [9.17, 15) is 9.59 Å². The number of carbonyl (C=O) groups excluding carboxylic acids is 2. The van der Waals surface area contributed by atoms with E-state index in [1.54, 1.807) is 38.5 Å². The molecule has 2 rings (SSSR count).